The fraction of sp³-hybridized carbons (Fsp3) is 0.550. The van der Waals surface area contributed by atoms with Gasteiger partial charge in [-0.05, 0) is 39.2 Å². The molecule has 7 nitrogen and oxygen atoms in total. The monoisotopic (exact) mass is 376 g/mol. The van der Waals surface area contributed by atoms with Gasteiger partial charge in [0.05, 0.1) is 12.6 Å². The molecule has 2 amide bonds. The van der Waals surface area contributed by atoms with Gasteiger partial charge in [0.25, 0.3) is 0 Å². The molecule has 27 heavy (non-hydrogen) atoms. The van der Waals surface area contributed by atoms with Crippen LogP contribution >= 0.6 is 0 Å². The van der Waals surface area contributed by atoms with E-state index in [2.05, 4.69) is 10.6 Å². The molecular weight excluding hydrogens is 348 g/mol. The molecule has 2 rings (SSSR count). The number of carbonyl (C=O) groups is 3. The zero-order chi connectivity index (χ0) is 19.9. The van der Waals surface area contributed by atoms with Gasteiger partial charge in [0.2, 0.25) is 5.91 Å². The summed E-state index contributed by atoms with van der Waals surface area (Å²) in [6, 6.07) is 8.68. The fourth-order valence-electron chi connectivity index (χ4n) is 2.82. The highest BCUT2D eigenvalue weighted by Gasteiger charge is 2.32. The highest BCUT2D eigenvalue weighted by atomic mass is 16.6. The van der Waals surface area contributed by atoms with Crippen LogP contribution in [0, 0.1) is 5.92 Å². The molecule has 1 aromatic rings. The molecule has 1 heterocycles. The van der Waals surface area contributed by atoms with Gasteiger partial charge < -0.3 is 20.1 Å². The van der Waals surface area contributed by atoms with Crippen LogP contribution in [0.1, 0.15) is 39.2 Å². The number of carbonyl (C=O) groups excluding carboxylic acids is 3. The van der Waals surface area contributed by atoms with Crippen LogP contribution in [0.4, 0.5) is 4.79 Å². The van der Waals surface area contributed by atoms with Gasteiger partial charge in [0.1, 0.15) is 12.2 Å². The number of hydrogen-bond donors (Lipinski definition) is 2. The molecular formula is C20H28N2O5. The van der Waals surface area contributed by atoms with Crippen LogP contribution in [0.15, 0.2) is 30.3 Å². The van der Waals surface area contributed by atoms with Gasteiger partial charge in [-0.2, -0.15) is 0 Å². The standard InChI is InChI=1S/C20H28N2O5/c1-20(2,3)27-19(25)22-16(11-15-9-10-21-18(15)24)17(23)13-26-12-14-7-5-4-6-8-14/h4-8,15-16H,9-13H2,1-3H3,(H,21,24)(H,22,25). The summed E-state index contributed by atoms with van der Waals surface area (Å²) in [5, 5.41) is 5.34. The molecule has 1 saturated heterocycles. The SMILES string of the molecule is CC(C)(C)OC(=O)NC(CC1CCNC1=O)C(=O)COCc1ccccc1. The Bertz CT molecular complexity index is 654. The average Bonchev–Trinajstić information content (AvgIpc) is 2.98. The zero-order valence-corrected chi connectivity index (χ0v) is 16.1. The lowest BCUT2D eigenvalue weighted by atomic mass is 9.96. The van der Waals surface area contributed by atoms with Crippen LogP contribution in [0.5, 0.6) is 0 Å². The molecule has 1 aliphatic rings. The van der Waals surface area contributed by atoms with E-state index >= 15 is 0 Å². The first-order valence-corrected chi connectivity index (χ1v) is 9.16. The number of Topliss-reactive ketones (excluding diaryl/α,β-unsaturated/α-hetero) is 1. The number of ether oxygens (including phenoxy) is 2. The molecule has 2 N–H and O–H groups in total. The van der Waals surface area contributed by atoms with Crippen LogP contribution in [0.2, 0.25) is 0 Å². The predicted molar refractivity (Wildman–Crippen MR) is 100.0 cm³/mol. The van der Waals surface area contributed by atoms with Crippen molar-refractivity contribution in [2.45, 2.75) is 51.9 Å². The van der Waals surface area contributed by atoms with E-state index < -0.39 is 17.7 Å². The normalized spacial score (nSPS) is 17.9. The Kier molecular flexibility index (Phi) is 7.36. The molecule has 0 aromatic heterocycles. The largest absolute Gasteiger partial charge is 0.444 e. The second-order valence-electron chi connectivity index (χ2n) is 7.66. The van der Waals surface area contributed by atoms with Crippen molar-refractivity contribution in [1.82, 2.24) is 10.6 Å². The van der Waals surface area contributed by atoms with Crippen molar-refractivity contribution in [3.8, 4) is 0 Å². The molecule has 148 valence electrons. The van der Waals surface area contributed by atoms with Gasteiger partial charge in [0.15, 0.2) is 5.78 Å². The first-order chi connectivity index (χ1) is 12.7. The minimum atomic E-state index is -0.829. The Hall–Kier alpha value is -2.41. The van der Waals surface area contributed by atoms with Crippen LogP contribution in [0.3, 0.4) is 0 Å². The maximum Gasteiger partial charge on any atom is 0.408 e. The van der Waals surface area contributed by atoms with Crippen molar-refractivity contribution in [2.75, 3.05) is 13.2 Å². The summed E-state index contributed by atoms with van der Waals surface area (Å²) < 4.78 is 10.7. The van der Waals surface area contributed by atoms with Crippen molar-refractivity contribution in [3.63, 3.8) is 0 Å². The Morgan fingerprint density at radius 1 is 1.26 bits per heavy atom. The molecule has 0 bridgehead atoms. The first-order valence-electron chi connectivity index (χ1n) is 9.16. The van der Waals surface area contributed by atoms with Gasteiger partial charge in [-0.25, -0.2) is 4.79 Å². The van der Waals surface area contributed by atoms with Crippen LogP contribution in [-0.4, -0.2) is 42.6 Å². The highest BCUT2D eigenvalue weighted by Crippen LogP contribution is 2.17. The van der Waals surface area contributed by atoms with E-state index in [1.54, 1.807) is 20.8 Å². The van der Waals surface area contributed by atoms with Crippen molar-refractivity contribution in [1.29, 1.82) is 0 Å². The molecule has 2 atom stereocenters. The summed E-state index contributed by atoms with van der Waals surface area (Å²) in [5.41, 5.74) is 0.281. The Morgan fingerprint density at radius 3 is 2.56 bits per heavy atom. The predicted octanol–water partition coefficient (Wildman–Crippen LogP) is 2.19. The topological polar surface area (TPSA) is 93.7 Å². The fourth-order valence-corrected chi connectivity index (χ4v) is 2.82. The molecule has 0 spiro atoms. The van der Waals surface area contributed by atoms with Crippen LogP contribution in [-0.2, 0) is 25.7 Å². The maximum atomic E-state index is 12.6. The molecule has 0 aliphatic carbocycles. The Labute approximate surface area is 159 Å². The van der Waals surface area contributed by atoms with E-state index in [1.165, 1.54) is 0 Å². The zero-order valence-electron chi connectivity index (χ0n) is 16.1. The lowest BCUT2D eigenvalue weighted by molar-refractivity contribution is -0.127. The minimum Gasteiger partial charge on any atom is -0.444 e. The lowest BCUT2D eigenvalue weighted by Crippen LogP contribution is -2.46. The molecule has 0 saturated carbocycles. The highest BCUT2D eigenvalue weighted by molar-refractivity contribution is 5.89. The van der Waals surface area contributed by atoms with Crippen molar-refractivity contribution < 1.29 is 23.9 Å². The van der Waals surface area contributed by atoms with E-state index in [0.29, 0.717) is 19.6 Å². The molecule has 1 aliphatic heterocycles. The quantitative estimate of drug-likeness (QED) is 0.725. The van der Waals surface area contributed by atoms with Gasteiger partial charge in [-0.15, -0.1) is 0 Å². The van der Waals surface area contributed by atoms with Gasteiger partial charge in [-0.1, -0.05) is 30.3 Å². The molecule has 7 heteroatoms. The number of alkyl carbamates (subject to hydrolysis) is 1. The van der Waals surface area contributed by atoms with Crippen molar-refractivity contribution in [2.24, 2.45) is 5.92 Å². The lowest BCUT2D eigenvalue weighted by Gasteiger charge is -2.24. The Balaban J connectivity index is 1.93. The molecule has 1 fully saturated rings. The van der Waals surface area contributed by atoms with Crippen molar-refractivity contribution >= 4 is 17.8 Å². The van der Waals surface area contributed by atoms with Gasteiger partial charge in [0, 0.05) is 12.5 Å². The molecule has 2 unspecified atom stereocenters. The third-order valence-electron chi connectivity index (χ3n) is 4.12. The molecule has 1 aromatic carbocycles. The number of amides is 2. The van der Waals surface area contributed by atoms with E-state index in [4.69, 9.17) is 9.47 Å². The van der Waals surface area contributed by atoms with Crippen LogP contribution < -0.4 is 10.6 Å². The Morgan fingerprint density at radius 2 is 1.96 bits per heavy atom. The van der Waals surface area contributed by atoms with E-state index in [1.807, 2.05) is 30.3 Å². The van der Waals surface area contributed by atoms with Crippen molar-refractivity contribution in [3.05, 3.63) is 35.9 Å². The number of rotatable bonds is 8. The average molecular weight is 376 g/mol. The van der Waals surface area contributed by atoms with E-state index in [0.717, 1.165) is 5.56 Å². The summed E-state index contributed by atoms with van der Waals surface area (Å²) >= 11 is 0. The number of benzene rings is 1. The molecule has 0 radical (unpaired) electrons. The van der Waals surface area contributed by atoms with Crippen LogP contribution in [0.25, 0.3) is 0 Å². The number of hydrogen-bond acceptors (Lipinski definition) is 5. The third-order valence-corrected chi connectivity index (χ3v) is 4.12. The van der Waals surface area contributed by atoms with Gasteiger partial charge in [-0.3, -0.25) is 9.59 Å². The van der Waals surface area contributed by atoms with Gasteiger partial charge >= 0.3 is 6.09 Å². The second-order valence-corrected chi connectivity index (χ2v) is 7.66. The maximum absolute atomic E-state index is 12.6. The summed E-state index contributed by atoms with van der Waals surface area (Å²) in [7, 11) is 0. The summed E-state index contributed by atoms with van der Waals surface area (Å²) in [6.07, 6.45) is 0.199. The number of nitrogens with one attached hydrogen (secondary N) is 2. The smallest absolute Gasteiger partial charge is 0.408 e. The third kappa shape index (κ3) is 7.38. The van der Waals surface area contributed by atoms with E-state index in [9.17, 15) is 14.4 Å². The second kappa shape index (κ2) is 9.50. The summed E-state index contributed by atoms with van der Waals surface area (Å²) in [5.74, 6) is -0.677. The summed E-state index contributed by atoms with van der Waals surface area (Å²) in [6.45, 7) is 5.98. The number of ketones is 1. The van der Waals surface area contributed by atoms with E-state index in [-0.39, 0.29) is 30.6 Å². The first kappa shape index (κ1) is 20.9. The summed E-state index contributed by atoms with van der Waals surface area (Å²) in [4.78, 5) is 36.5. The minimum absolute atomic E-state index is 0.0935.